The van der Waals surface area contributed by atoms with Crippen molar-refractivity contribution < 1.29 is 4.79 Å². The van der Waals surface area contributed by atoms with Crippen molar-refractivity contribution in [3.05, 3.63) is 77.8 Å². The summed E-state index contributed by atoms with van der Waals surface area (Å²) in [7, 11) is 0. The lowest BCUT2D eigenvalue weighted by molar-refractivity contribution is -0.115. The summed E-state index contributed by atoms with van der Waals surface area (Å²) < 4.78 is 0. The van der Waals surface area contributed by atoms with Gasteiger partial charge in [0.15, 0.2) is 0 Å². The van der Waals surface area contributed by atoms with Crippen molar-refractivity contribution in [3.63, 3.8) is 0 Å². The van der Waals surface area contributed by atoms with E-state index in [1.165, 1.54) is 0 Å². The van der Waals surface area contributed by atoms with Crippen LogP contribution in [0.2, 0.25) is 5.02 Å². The molecule has 0 atom stereocenters. The summed E-state index contributed by atoms with van der Waals surface area (Å²) in [4.78, 5) is 20.3. The maximum atomic E-state index is 12.1. The summed E-state index contributed by atoms with van der Waals surface area (Å²) in [5.41, 5.74) is 3.50. The minimum Gasteiger partial charge on any atom is -0.324 e. The predicted molar refractivity (Wildman–Crippen MR) is 91.3 cm³/mol. The monoisotopic (exact) mass is 323 g/mol. The van der Waals surface area contributed by atoms with E-state index in [9.17, 15) is 4.79 Å². The quantitative estimate of drug-likeness (QED) is 0.790. The predicted octanol–water partition coefficient (Wildman–Crippen LogP) is 3.98. The molecule has 0 saturated heterocycles. The van der Waals surface area contributed by atoms with Crippen LogP contribution in [0, 0.1) is 0 Å². The summed E-state index contributed by atoms with van der Waals surface area (Å²) in [6, 6.07) is 12.9. The van der Waals surface area contributed by atoms with Crippen molar-refractivity contribution >= 4 is 23.2 Å². The highest BCUT2D eigenvalue weighted by Gasteiger charge is 2.06. The molecule has 114 valence electrons. The third-order valence-electron chi connectivity index (χ3n) is 3.31. The second kappa shape index (κ2) is 7.03. The van der Waals surface area contributed by atoms with E-state index >= 15 is 0 Å². The van der Waals surface area contributed by atoms with Gasteiger partial charge in [0.1, 0.15) is 0 Å². The third kappa shape index (κ3) is 4.14. The topological polar surface area (TPSA) is 54.9 Å². The summed E-state index contributed by atoms with van der Waals surface area (Å²) in [5, 5.41) is 3.52. The molecule has 3 aromatic rings. The van der Waals surface area contributed by atoms with Crippen LogP contribution in [-0.2, 0) is 11.2 Å². The number of halogens is 1. The van der Waals surface area contributed by atoms with Crippen molar-refractivity contribution in [2.24, 2.45) is 0 Å². The lowest BCUT2D eigenvalue weighted by Crippen LogP contribution is -2.14. The van der Waals surface area contributed by atoms with Gasteiger partial charge in [-0.05, 0) is 41.5 Å². The van der Waals surface area contributed by atoms with E-state index < -0.39 is 0 Å². The van der Waals surface area contributed by atoms with Gasteiger partial charge in [-0.2, -0.15) is 0 Å². The normalized spacial score (nSPS) is 10.3. The number of nitrogens with zero attached hydrogens (tertiary/aromatic N) is 2. The Balaban J connectivity index is 1.70. The van der Waals surface area contributed by atoms with Crippen LogP contribution in [0.3, 0.4) is 0 Å². The van der Waals surface area contributed by atoms with Crippen LogP contribution in [0.4, 0.5) is 5.69 Å². The minimum atomic E-state index is -0.0963. The van der Waals surface area contributed by atoms with Crippen molar-refractivity contribution in [1.82, 2.24) is 9.97 Å². The SMILES string of the molecule is O=C(Cc1ccc(Cl)cc1)Nc1cncc(-c2ccncc2)c1. The first-order chi connectivity index (χ1) is 11.2. The molecule has 3 rings (SSSR count). The number of carbonyl (C=O) groups excluding carboxylic acids is 1. The number of amides is 1. The average Bonchev–Trinajstić information content (AvgIpc) is 2.58. The Morgan fingerprint density at radius 2 is 1.70 bits per heavy atom. The average molecular weight is 324 g/mol. The molecule has 0 unspecified atom stereocenters. The fraction of sp³-hybridized carbons (Fsp3) is 0.0556. The molecule has 0 saturated carbocycles. The largest absolute Gasteiger partial charge is 0.324 e. The molecule has 0 aliphatic heterocycles. The minimum absolute atomic E-state index is 0.0963. The van der Waals surface area contributed by atoms with E-state index in [1.54, 1.807) is 36.9 Å². The van der Waals surface area contributed by atoms with Gasteiger partial charge in [0.05, 0.1) is 18.3 Å². The Bertz CT molecular complexity index is 804. The van der Waals surface area contributed by atoms with E-state index in [4.69, 9.17) is 11.6 Å². The Morgan fingerprint density at radius 3 is 2.43 bits per heavy atom. The van der Waals surface area contributed by atoms with Crippen LogP contribution in [0.5, 0.6) is 0 Å². The summed E-state index contributed by atoms with van der Waals surface area (Å²) in [6.45, 7) is 0. The first-order valence-corrected chi connectivity index (χ1v) is 7.48. The number of rotatable bonds is 4. The van der Waals surface area contributed by atoms with Gasteiger partial charge >= 0.3 is 0 Å². The van der Waals surface area contributed by atoms with Gasteiger partial charge in [-0.25, -0.2) is 0 Å². The Morgan fingerprint density at radius 1 is 0.957 bits per heavy atom. The molecule has 0 bridgehead atoms. The highest BCUT2D eigenvalue weighted by atomic mass is 35.5. The smallest absolute Gasteiger partial charge is 0.228 e. The molecule has 2 aromatic heterocycles. The van der Waals surface area contributed by atoms with Crippen LogP contribution >= 0.6 is 11.6 Å². The lowest BCUT2D eigenvalue weighted by Gasteiger charge is -2.07. The molecule has 5 heteroatoms. The molecular weight excluding hydrogens is 310 g/mol. The van der Waals surface area contributed by atoms with Crippen molar-refractivity contribution in [2.75, 3.05) is 5.32 Å². The number of aromatic nitrogens is 2. The van der Waals surface area contributed by atoms with Gasteiger partial charge in [0.2, 0.25) is 5.91 Å². The fourth-order valence-electron chi connectivity index (χ4n) is 2.20. The van der Waals surface area contributed by atoms with Crippen molar-refractivity contribution in [1.29, 1.82) is 0 Å². The van der Waals surface area contributed by atoms with Crippen molar-refractivity contribution in [3.8, 4) is 11.1 Å². The highest BCUT2D eigenvalue weighted by Crippen LogP contribution is 2.20. The number of carbonyl (C=O) groups is 1. The second-order valence-electron chi connectivity index (χ2n) is 5.05. The molecule has 4 nitrogen and oxygen atoms in total. The highest BCUT2D eigenvalue weighted by molar-refractivity contribution is 6.30. The van der Waals surface area contributed by atoms with Gasteiger partial charge in [0, 0.05) is 29.2 Å². The number of benzene rings is 1. The molecule has 0 fully saturated rings. The Labute approximate surface area is 139 Å². The van der Waals surface area contributed by atoms with E-state index in [-0.39, 0.29) is 12.3 Å². The fourth-order valence-corrected chi connectivity index (χ4v) is 2.33. The molecule has 0 radical (unpaired) electrons. The molecular formula is C18H14ClN3O. The zero-order valence-electron chi connectivity index (χ0n) is 12.2. The first-order valence-electron chi connectivity index (χ1n) is 7.10. The van der Waals surface area contributed by atoms with E-state index in [0.29, 0.717) is 10.7 Å². The lowest BCUT2D eigenvalue weighted by atomic mass is 10.1. The molecule has 2 heterocycles. The molecule has 0 aliphatic rings. The Hall–Kier alpha value is -2.72. The first kappa shape index (κ1) is 15.2. The van der Waals surface area contributed by atoms with E-state index in [0.717, 1.165) is 16.7 Å². The van der Waals surface area contributed by atoms with Gasteiger partial charge in [-0.1, -0.05) is 23.7 Å². The van der Waals surface area contributed by atoms with Crippen LogP contribution in [0.15, 0.2) is 67.3 Å². The number of hydrogen-bond donors (Lipinski definition) is 1. The molecule has 0 aliphatic carbocycles. The van der Waals surface area contributed by atoms with Crippen LogP contribution in [-0.4, -0.2) is 15.9 Å². The maximum absolute atomic E-state index is 12.1. The van der Waals surface area contributed by atoms with Crippen LogP contribution in [0.25, 0.3) is 11.1 Å². The summed E-state index contributed by atoms with van der Waals surface area (Å²) in [5.74, 6) is -0.0963. The van der Waals surface area contributed by atoms with Gasteiger partial charge in [-0.3, -0.25) is 14.8 Å². The number of hydrogen-bond acceptors (Lipinski definition) is 3. The van der Waals surface area contributed by atoms with Gasteiger partial charge < -0.3 is 5.32 Å². The molecule has 1 aromatic carbocycles. The van der Waals surface area contributed by atoms with Crippen molar-refractivity contribution in [2.45, 2.75) is 6.42 Å². The molecule has 1 amide bonds. The van der Waals surface area contributed by atoms with Gasteiger partial charge in [-0.15, -0.1) is 0 Å². The Kier molecular flexibility index (Phi) is 4.64. The number of anilines is 1. The standard InChI is InChI=1S/C18H14ClN3O/c19-16-3-1-13(2-4-16)9-18(23)22-17-10-15(11-21-12-17)14-5-7-20-8-6-14/h1-8,10-12H,9H2,(H,22,23). The maximum Gasteiger partial charge on any atom is 0.228 e. The van der Waals surface area contributed by atoms with Crippen LogP contribution < -0.4 is 5.32 Å². The molecule has 1 N–H and O–H groups in total. The number of nitrogens with one attached hydrogen (secondary N) is 1. The summed E-state index contributed by atoms with van der Waals surface area (Å²) in [6.07, 6.45) is 7.12. The molecule has 0 spiro atoms. The number of pyridine rings is 2. The van der Waals surface area contributed by atoms with Crippen LogP contribution in [0.1, 0.15) is 5.56 Å². The third-order valence-corrected chi connectivity index (χ3v) is 3.57. The second-order valence-corrected chi connectivity index (χ2v) is 5.49. The van der Waals surface area contributed by atoms with E-state index in [1.807, 2.05) is 30.3 Å². The van der Waals surface area contributed by atoms with E-state index in [2.05, 4.69) is 15.3 Å². The van der Waals surface area contributed by atoms with Gasteiger partial charge in [0.25, 0.3) is 0 Å². The molecule has 23 heavy (non-hydrogen) atoms. The summed E-state index contributed by atoms with van der Waals surface area (Å²) >= 11 is 5.84. The zero-order valence-corrected chi connectivity index (χ0v) is 13.0. The zero-order chi connectivity index (χ0) is 16.1.